The number of carbonyl (C=O) groups is 1. The van der Waals surface area contributed by atoms with Gasteiger partial charge in [-0.1, -0.05) is 57.2 Å². The van der Waals surface area contributed by atoms with Gasteiger partial charge in [-0.05, 0) is 29.2 Å². The number of carbonyl (C=O) groups excluding carboxylic acids is 1. The molecule has 0 aliphatic heterocycles. The van der Waals surface area contributed by atoms with Crippen LogP contribution in [-0.4, -0.2) is 20.9 Å². The third kappa shape index (κ3) is 6.30. The molecule has 29 heavy (non-hydrogen) atoms. The van der Waals surface area contributed by atoms with E-state index in [0.717, 1.165) is 23.8 Å². The molecule has 2 rings (SSSR count). The van der Waals surface area contributed by atoms with E-state index in [4.69, 9.17) is 0 Å². The Bertz CT molecular complexity index is 953. The zero-order valence-corrected chi connectivity index (χ0v) is 17.1. The average Bonchev–Trinajstić information content (AvgIpc) is 2.64. The molecule has 1 unspecified atom stereocenters. The normalized spacial score (nSPS) is 13.7. The van der Waals surface area contributed by atoms with Gasteiger partial charge in [0.25, 0.3) is 0 Å². The molecule has 0 aliphatic carbocycles. The largest absolute Gasteiger partial charge is 0.416 e. The maximum atomic E-state index is 12.8. The molecule has 1 amide bonds. The molecule has 0 saturated heterocycles. The fourth-order valence-electron chi connectivity index (χ4n) is 2.74. The highest BCUT2D eigenvalue weighted by Gasteiger charge is 2.32. The van der Waals surface area contributed by atoms with Crippen molar-refractivity contribution in [2.45, 2.75) is 37.9 Å². The van der Waals surface area contributed by atoms with E-state index >= 15 is 0 Å². The molecule has 0 heterocycles. The Balaban J connectivity index is 2.11. The van der Waals surface area contributed by atoms with Gasteiger partial charge in [-0.15, -0.1) is 0 Å². The van der Waals surface area contributed by atoms with Gasteiger partial charge >= 0.3 is 6.18 Å². The summed E-state index contributed by atoms with van der Waals surface area (Å²) in [6.45, 7) is 5.19. The molecule has 1 atom stereocenters. The van der Waals surface area contributed by atoms with Crippen molar-refractivity contribution in [1.29, 1.82) is 0 Å². The Hall–Kier alpha value is -2.39. The van der Waals surface area contributed by atoms with Crippen LogP contribution in [-0.2, 0) is 21.0 Å². The van der Waals surface area contributed by atoms with Gasteiger partial charge in [0.05, 0.1) is 23.0 Å². The van der Waals surface area contributed by atoms with Crippen LogP contribution >= 0.6 is 0 Å². The SMILES string of the molecule is CC(C)(C)C(NC(=O)CNS(=O)(=O)c1cccc(C(F)(F)F)c1)c1ccccc1. The monoisotopic (exact) mass is 428 g/mol. The zero-order chi connectivity index (χ0) is 21.9. The van der Waals surface area contributed by atoms with Crippen molar-refractivity contribution < 1.29 is 26.4 Å². The second kappa shape index (κ2) is 8.54. The third-order valence-corrected chi connectivity index (χ3v) is 5.60. The third-order valence-electron chi connectivity index (χ3n) is 4.20. The first-order valence-corrected chi connectivity index (χ1v) is 10.3. The molecule has 0 fully saturated rings. The molecule has 0 bridgehead atoms. The van der Waals surface area contributed by atoms with Crippen LogP contribution in [0, 0.1) is 5.41 Å². The Morgan fingerprint density at radius 3 is 2.17 bits per heavy atom. The van der Waals surface area contributed by atoms with Gasteiger partial charge in [0.2, 0.25) is 15.9 Å². The van der Waals surface area contributed by atoms with Crippen molar-refractivity contribution in [2.24, 2.45) is 5.41 Å². The molecule has 2 aromatic rings. The molecule has 0 saturated carbocycles. The van der Waals surface area contributed by atoms with Crippen molar-refractivity contribution in [3.05, 3.63) is 65.7 Å². The van der Waals surface area contributed by atoms with E-state index in [0.29, 0.717) is 6.07 Å². The number of benzene rings is 2. The molecule has 0 aromatic heterocycles. The number of alkyl halides is 3. The smallest absolute Gasteiger partial charge is 0.348 e. The lowest BCUT2D eigenvalue weighted by atomic mass is 9.82. The molecule has 2 aromatic carbocycles. The summed E-state index contributed by atoms with van der Waals surface area (Å²) in [5.41, 5.74) is -0.576. The standard InChI is InChI=1S/C20H23F3N2O3S/c1-19(2,3)18(14-8-5-4-6-9-14)25-17(26)13-24-29(27,28)16-11-7-10-15(12-16)20(21,22)23/h4-12,18,24H,13H2,1-3H3,(H,25,26). The van der Waals surface area contributed by atoms with E-state index in [1.807, 2.05) is 51.1 Å². The second-order valence-corrected chi connectivity index (χ2v) is 9.39. The molecule has 0 aliphatic rings. The topological polar surface area (TPSA) is 75.3 Å². The Morgan fingerprint density at radius 2 is 1.62 bits per heavy atom. The van der Waals surface area contributed by atoms with Crippen LogP contribution in [0.25, 0.3) is 0 Å². The summed E-state index contributed by atoms with van der Waals surface area (Å²) in [6.07, 6.45) is -4.67. The predicted molar refractivity (Wildman–Crippen MR) is 103 cm³/mol. The van der Waals surface area contributed by atoms with Crippen molar-refractivity contribution in [1.82, 2.24) is 10.0 Å². The minimum absolute atomic E-state index is 0.350. The number of amides is 1. The van der Waals surface area contributed by atoms with E-state index in [-0.39, 0.29) is 11.5 Å². The van der Waals surface area contributed by atoms with E-state index in [2.05, 4.69) is 10.0 Å². The summed E-state index contributed by atoms with van der Waals surface area (Å²) < 4.78 is 65.1. The Morgan fingerprint density at radius 1 is 1.00 bits per heavy atom. The summed E-state index contributed by atoms with van der Waals surface area (Å²) >= 11 is 0. The van der Waals surface area contributed by atoms with Gasteiger partial charge in [0.15, 0.2) is 0 Å². The molecule has 2 N–H and O–H groups in total. The fourth-order valence-corrected chi connectivity index (χ4v) is 3.77. The quantitative estimate of drug-likeness (QED) is 0.733. The lowest BCUT2D eigenvalue weighted by Gasteiger charge is -2.32. The summed E-state index contributed by atoms with van der Waals surface area (Å²) in [5.74, 6) is -0.593. The maximum Gasteiger partial charge on any atom is 0.416 e. The molecule has 0 radical (unpaired) electrons. The summed E-state index contributed by atoms with van der Waals surface area (Å²) in [7, 11) is -4.28. The number of sulfonamides is 1. The van der Waals surface area contributed by atoms with E-state index in [1.54, 1.807) is 0 Å². The van der Waals surface area contributed by atoms with Crippen LogP contribution in [0.2, 0.25) is 0 Å². The van der Waals surface area contributed by atoms with Gasteiger partial charge in [-0.25, -0.2) is 13.1 Å². The molecular weight excluding hydrogens is 405 g/mol. The maximum absolute atomic E-state index is 12.8. The average molecular weight is 428 g/mol. The Labute approximate surface area is 168 Å². The van der Waals surface area contributed by atoms with Crippen LogP contribution in [0.3, 0.4) is 0 Å². The first kappa shape index (κ1) is 22.9. The number of hydrogen-bond acceptors (Lipinski definition) is 3. The highest BCUT2D eigenvalue weighted by molar-refractivity contribution is 7.89. The predicted octanol–water partition coefficient (Wildman–Crippen LogP) is 3.89. The highest BCUT2D eigenvalue weighted by atomic mass is 32.2. The van der Waals surface area contributed by atoms with Crippen LogP contribution in [0.5, 0.6) is 0 Å². The molecule has 9 heteroatoms. The van der Waals surface area contributed by atoms with Crippen molar-refractivity contribution in [3.63, 3.8) is 0 Å². The van der Waals surface area contributed by atoms with Crippen molar-refractivity contribution in [2.75, 3.05) is 6.54 Å². The molecule has 5 nitrogen and oxygen atoms in total. The Kier molecular flexibility index (Phi) is 6.74. The number of nitrogens with one attached hydrogen (secondary N) is 2. The van der Waals surface area contributed by atoms with E-state index in [9.17, 15) is 26.4 Å². The van der Waals surface area contributed by atoms with E-state index in [1.165, 1.54) is 0 Å². The van der Waals surface area contributed by atoms with Gasteiger partial charge in [0, 0.05) is 0 Å². The summed E-state index contributed by atoms with van der Waals surface area (Å²) in [6, 6.07) is 12.2. The molecular formula is C20H23F3N2O3S. The lowest BCUT2D eigenvalue weighted by Crippen LogP contribution is -2.42. The summed E-state index contributed by atoms with van der Waals surface area (Å²) in [5, 5.41) is 2.79. The van der Waals surface area contributed by atoms with E-state index < -0.39 is 39.1 Å². The van der Waals surface area contributed by atoms with Crippen molar-refractivity contribution >= 4 is 15.9 Å². The van der Waals surface area contributed by atoms with Crippen LogP contribution < -0.4 is 10.0 Å². The van der Waals surface area contributed by atoms with Gasteiger partial charge in [-0.3, -0.25) is 4.79 Å². The fraction of sp³-hybridized carbons (Fsp3) is 0.350. The minimum atomic E-state index is -4.67. The van der Waals surface area contributed by atoms with Crippen LogP contribution in [0.4, 0.5) is 13.2 Å². The molecule has 0 spiro atoms. The highest BCUT2D eigenvalue weighted by Crippen LogP contribution is 2.32. The first-order valence-electron chi connectivity index (χ1n) is 8.82. The van der Waals surface area contributed by atoms with Crippen molar-refractivity contribution in [3.8, 4) is 0 Å². The number of halogens is 3. The minimum Gasteiger partial charge on any atom is -0.348 e. The van der Waals surface area contributed by atoms with Gasteiger partial charge in [-0.2, -0.15) is 13.2 Å². The van der Waals surface area contributed by atoms with Crippen LogP contribution in [0.15, 0.2) is 59.5 Å². The lowest BCUT2D eigenvalue weighted by molar-refractivity contribution is -0.137. The first-order chi connectivity index (χ1) is 13.3. The molecule has 158 valence electrons. The number of hydrogen-bond donors (Lipinski definition) is 2. The number of rotatable bonds is 6. The second-order valence-electron chi connectivity index (χ2n) is 7.63. The zero-order valence-electron chi connectivity index (χ0n) is 16.2. The summed E-state index contributed by atoms with van der Waals surface area (Å²) in [4.78, 5) is 11.8. The van der Waals surface area contributed by atoms with Gasteiger partial charge < -0.3 is 5.32 Å². The van der Waals surface area contributed by atoms with Crippen LogP contribution in [0.1, 0.15) is 37.9 Å². The van der Waals surface area contributed by atoms with Gasteiger partial charge in [0.1, 0.15) is 0 Å².